The normalized spacial score (nSPS) is 29.6. The number of fused-ring (bicyclic) bond motifs is 1. The van der Waals surface area contributed by atoms with Crippen LogP contribution in [-0.4, -0.2) is 42.4 Å². The summed E-state index contributed by atoms with van der Waals surface area (Å²) < 4.78 is 11.0. The van der Waals surface area contributed by atoms with E-state index < -0.39 is 6.10 Å². The Hall–Kier alpha value is -1.26. The van der Waals surface area contributed by atoms with Crippen LogP contribution in [0.5, 0.6) is 11.5 Å². The van der Waals surface area contributed by atoms with Crippen LogP contribution >= 0.6 is 0 Å². The van der Waals surface area contributed by atoms with E-state index in [9.17, 15) is 5.11 Å². The second-order valence-electron chi connectivity index (χ2n) is 6.02. The molecule has 0 aromatic heterocycles. The predicted molar refractivity (Wildman–Crippen MR) is 81.9 cm³/mol. The Morgan fingerprint density at radius 2 is 2.24 bits per heavy atom. The molecule has 21 heavy (non-hydrogen) atoms. The highest BCUT2D eigenvalue weighted by atomic mass is 16.5. The molecule has 3 rings (SSSR count). The Labute approximate surface area is 126 Å². The first-order valence-electron chi connectivity index (χ1n) is 7.99. The minimum absolute atomic E-state index is 0.0223. The van der Waals surface area contributed by atoms with Gasteiger partial charge in [0.2, 0.25) is 0 Å². The van der Waals surface area contributed by atoms with E-state index in [0.717, 1.165) is 30.0 Å². The summed E-state index contributed by atoms with van der Waals surface area (Å²) in [4.78, 5) is 2.48. The van der Waals surface area contributed by atoms with E-state index in [4.69, 9.17) is 9.47 Å². The third-order valence-electron chi connectivity index (χ3n) is 4.81. The molecule has 2 aliphatic rings. The number of aliphatic hydroxyl groups excluding tert-OH is 1. The summed E-state index contributed by atoms with van der Waals surface area (Å²) in [7, 11) is 1.67. The third kappa shape index (κ3) is 2.74. The van der Waals surface area contributed by atoms with Crippen molar-refractivity contribution < 1.29 is 14.6 Å². The quantitative estimate of drug-likeness (QED) is 0.930. The van der Waals surface area contributed by atoms with Crippen LogP contribution in [0.2, 0.25) is 0 Å². The Balaban J connectivity index is 1.97. The molecule has 0 saturated carbocycles. The van der Waals surface area contributed by atoms with Gasteiger partial charge in [-0.3, -0.25) is 4.90 Å². The molecule has 3 unspecified atom stereocenters. The molecule has 1 aromatic rings. The summed E-state index contributed by atoms with van der Waals surface area (Å²) in [6.07, 6.45) is 4.37. The number of nitrogens with zero attached hydrogens (tertiary/aromatic N) is 1. The molecule has 1 aromatic carbocycles. The van der Waals surface area contributed by atoms with Crippen LogP contribution in [0.15, 0.2) is 18.2 Å². The first-order chi connectivity index (χ1) is 10.2. The van der Waals surface area contributed by atoms with Gasteiger partial charge in [-0.05, 0) is 44.0 Å². The van der Waals surface area contributed by atoms with Crippen molar-refractivity contribution in [3.8, 4) is 11.5 Å². The summed E-state index contributed by atoms with van der Waals surface area (Å²) in [6.45, 7) is 3.66. The second kappa shape index (κ2) is 6.24. The Morgan fingerprint density at radius 1 is 1.38 bits per heavy atom. The fourth-order valence-electron chi connectivity index (χ4n) is 3.72. The minimum Gasteiger partial charge on any atom is -0.497 e. The fourth-order valence-corrected chi connectivity index (χ4v) is 3.72. The van der Waals surface area contributed by atoms with Crippen molar-refractivity contribution in [2.75, 3.05) is 20.3 Å². The number of rotatable bonds is 3. The van der Waals surface area contributed by atoms with Gasteiger partial charge in [-0.25, -0.2) is 0 Å². The molecule has 4 heteroatoms. The van der Waals surface area contributed by atoms with E-state index in [-0.39, 0.29) is 6.04 Å². The average Bonchev–Trinajstić information content (AvgIpc) is 2.54. The zero-order valence-corrected chi connectivity index (χ0v) is 12.9. The lowest BCUT2D eigenvalue weighted by molar-refractivity contribution is -0.0291. The van der Waals surface area contributed by atoms with Gasteiger partial charge < -0.3 is 14.6 Å². The van der Waals surface area contributed by atoms with Gasteiger partial charge >= 0.3 is 0 Å². The molecule has 1 N–H and O–H groups in total. The molecule has 3 atom stereocenters. The monoisotopic (exact) mass is 291 g/mol. The zero-order valence-electron chi connectivity index (χ0n) is 12.9. The second-order valence-corrected chi connectivity index (χ2v) is 6.02. The smallest absolute Gasteiger partial charge is 0.124 e. The molecule has 4 nitrogen and oxygen atoms in total. The van der Waals surface area contributed by atoms with E-state index in [1.807, 2.05) is 18.2 Å². The van der Waals surface area contributed by atoms with Gasteiger partial charge in [0, 0.05) is 11.6 Å². The van der Waals surface area contributed by atoms with Crippen molar-refractivity contribution in [1.82, 2.24) is 4.90 Å². The van der Waals surface area contributed by atoms with Crippen molar-refractivity contribution in [3.05, 3.63) is 23.8 Å². The molecular formula is C17H25NO3. The molecule has 0 amide bonds. The summed E-state index contributed by atoms with van der Waals surface area (Å²) >= 11 is 0. The van der Waals surface area contributed by atoms with Crippen LogP contribution in [0, 0.1) is 0 Å². The molecule has 0 aliphatic carbocycles. The number of likely N-dealkylation sites (tertiary alicyclic amines) is 1. The molecule has 1 fully saturated rings. The van der Waals surface area contributed by atoms with Gasteiger partial charge in [-0.2, -0.15) is 0 Å². The van der Waals surface area contributed by atoms with Gasteiger partial charge in [-0.15, -0.1) is 0 Å². The maximum absolute atomic E-state index is 10.5. The highest BCUT2D eigenvalue weighted by Gasteiger charge is 2.38. The van der Waals surface area contributed by atoms with E-state index in [0.29, 0.717) is 12.6 Å². The Morgan fingerprint density at radius 3 is 3.00 bits per heavy atom. The number of hydrogen-bond donors (Lipinski definition) is 1. The molecule has 116 valence electrons. The van der Waals surface area contributed by atoms with Crippen LogP contribution in [0.4, 0.5) is 0 Å². The number of ether oxygens (including phenoxy) is 2. The SMILES string of the molecule is CCC1CCCCN1C1c2cc(OC)ccc2OCC1O. The number of piperidine rings is 1. The van der Waals surface area contributed by atoms with Gasteiger partial charge in [0.15, 0.2) is 0 Å². The van der Waals surface area contributed by atoms with Crippen molar-refractivity contribution in [3.63, 3.8) is 0 Å². The predicted octanol–water partition coefficient (Wildman–Crippen LogP) is 2.75. The summed E-state index contributed by atoms with van der Waals surface area (Å²) in [5, 5.41) is 10.5. The van der Waals surface area contributed by atoms with E-state index >= 15 is 0 Å². The molecule has 0 bridgehead atoms. The van der Waals surface area contributed by atoms with Crippen LogP contribution in [-0.2, 0) is 0 Å². The molecule has 0 spiro atoms. The van der Waals surface area contributed by atoms with Crippen LogP contribution in [0.1, 0.15) is 44.2 Å². The number of hydrogen-bond acceptors (Lipinski definition) is 4. The van der Waals surface area contributed by atoms with E-state index in [1.165, 1.54) is 19.3 Å². The largest absolute Gasteiger partial charge is 0.497 e. The first kappa shape index (κ1) is 14.7. The molecule has 2 heterocycles. The Bertz CT molecular complexity index is 491. The van der Waals surface area contributed by atoms with E-state index in [1.54, 1.807) is 7.11 Å². The van der Waals surface area contributed by atoms with Crippen LogP contribution < -0.4 is 9.47 Å². The number of aliphatic hydroxyl groups is 1. The highest BCUT2D eigenvalue weighted by Crippen LogP contribution is 2.41. The molecule has 1 saturated heterocycles. The third-order valence-corrected chi connectivity index (χ3v) is 4.81. The van der Waals surface area contributed by atoms with Crippen molar-refractivity contribution in [2.45, 2.75) is 50.8 Å². The van der Waals surface area contributed by atoms with Gasteiger partial charge in [0.25, 0.3) is 0 Å². The summed E-state index contributed by atoms with van der Waals surface area (Å²) in [5.74, 6) is 1.70. The molecule has 2 aliphatic heterocycles. The van der Waals surface area contributed by atoms with Crippen LogP contribution in [0.25, 0.3) is 0 Å². The van der Waals surface area contributed by atoms with Gasteiger partial charge in [0.05, 0.1) is 13.2 Å². The summed E-state index contributed by atoms with van der Waals surface area (Å²) in [6, 6.07) is 6.47. The van der Waals surface area contributed by atoms with Gasteiger partial charge in [0.1, 0.15) is 24.2 Å². The number of methoxy groups -OCH3 is 1. The zero-order chi connectivity index (χ0) is 14.8. The van der Waals surface area contributed by atoms with Crippen molar-refractivity contribution >= 4 is 0 Å². The average molecular weight is 291 g/mol. The van der Waals surface area contributed by atoms with Crippen LogP contribution in [0.3, 0.4) is 0 Å². The van der Waals surface area contributed by atoms with Gasteiger partial charge in [-0.1, -0.05) is 13.3 Å². The molecule has 0 radical (unpaired) electrons. The lowest BCUT2D eigenvalue weighted by atomic mass is 9.90. The topological polar surface area (TPSA) is 41.9 Å². The first-order valence-corrected chi connectivity index (χ1v) is 7.99. The lowest BCUT2D eigenvalue weighted by Crippen LogP contribution is -2.48. The highest BCUT2D eigenvalue weighted by molar-refractivity contribution is 5.44. The maximum atomic E-state index is 10.5. The lowest BCUT2D eigenvalue weighted by Gasteiger charge is -2.45. The standard InChI is InChI=1S/C17H25NO3/c1-3-12-6-4-5-9-18(12)17-14-10-13(20-2)7-8-16(14)21-11-15(17)19/h7-8,10,12,15,17,19H,3-6,9,11H2,1-2H3. The minimum atomic E-state index is -0.475. The van der Waals surface area contributed by atoms with Crippen molar-refractivity contribution in [1.29, 1.82) is 0 Å². The fraction of sp³-hybridized carbons (Fsp3) is 0.647. The summed E-state index contributed by atoms with van der Waals surface area (Å²) in [5.41, 5.74) is 1.06. The van der Waals surface area contributed by atoms with E-state index in [2.05, 4.69) is 11.8 Å². The molecular weight excluding hydrogens is 266 g/mol. The van der Waals surface area contributed by atoms with Crippen molar-refractivity contribution in [2.24, 2.45) is 0 Å². The number of benzene rings is 1. The maximum Gasteiger partial charge on any atom is 0.124 e. The Kier molecular flexibility index (Phi) is 4.36.